The number of anilines is 1. The standard InChI is InChI=1S/C19H18N8O/c1-25-19(26-9-2-3-10-26)16(12-20-25)18(28)21-14-6-4-5-13(11-14)17-22-23-24-27(17)15-7-8-15/h2-6,9-12,15H,7-8H2,1H3,(H,21,28). The lowest BCUT2D eigenvalue weighted by Crippen LogP contribution is -2.15. The van der Waals surface area contributed by atoms with Gasteiger partial charge in [-0.15, -0.1) is 5.10 Å². The molecule has 5 rings (SSSR count). The number of tetrazole rings is 1. The first kappa shape index (κ1) is 16.4. The van der Waals surface area contributed by atoms with E-state index in [9.17, 15) is 4.79 Å². The minimum Gasteiger partial charge on any atom is -0.322 e. The third-order valence-corrected chi connectivity index (χ3v) is 4.77. The summed E-state index contributed by atoms with van der Waals surface area (Å²) in [5.74, 6) is 1.19. The normalized spacial score (nSPS) is 13.6. The summed E-state index contributed by atoms with van der Waals surface area (Å²) in [5, 5.41) is 19.2. The van der Waals surface area contributed by atoms with Crippen LogP contribution in [-0.2, 0) is 7.05 Å². The Morgan fingerprint density at radius 2 is 2.00 bits per heavy atom. The second-order valence-electron chi connectivity index (χ2n) is 6.81. The summed E-state index contributed by atoms with van der Waals surface area (Å²) < 4.78 is 5.39. The van der Waals surface area contributed by atoms with Crippen LogP contribution in [0.15, 0.2) is 55.0 Å². The van der Waals surface area contributed by atoms with Gasteiger partial charge in [-0.2, -0.15) is 5.10 Å². The van der Waals surface area contributed by atoms with Crippen molar-refractivity contribution < 1.29 is 4.79 Å². The number of carbonyl (C=O) groups is 1. The van der Waals surface area contributed by atoms with E-state index in [0.29, 0.717) is 28.9 Å². The van der Waals surface area contributed by atoms with Crippen molar-refractivity contribution in [3.8, 4) is 17.2 Å². The number of nitrogens with one attached hydrogen (secondary N) is 1. The average Bonchev–Trinajstić information content (AvgIpc) is 3.11. The van der Waals surface area contributed by atoms with Gasteiger partial charge in [0.25, 0.3) is 5.91 Å². The van der Waals surface area contributed by atoms with E-state index in [-0.39, 0.29) is 5.91 Å². The molecule has 1 aliphatic rings. The lowest BCUT2D eigenvalue weighted by molar-refractivity contribution is 0.102. The zero-order valence-corrected chi connectivity index (χ0v) is 15.2. The van der Waals surface area contributed by atoms with Crippen molar-refractivity contribution in [2.24, 2.45) is 7.05 Å². The van der Waals surface area contributed by atoms with Crippen molar-refractivity contribution in [3.05, 3.63) is 60.6 Å². The summed E-state index contributed by atoms with van der Waals surface area (Å²) in [5.41, 5.74) is 2.04. The predicted octanol–water partition coefficient (Wildman–Crippen LogP) is 2.45. The van der Waals surface area contributed by atoms with Gasteiger partial charge in [-0.25, -0.2) is 4.68 Å². The van der Waals surface area contributed by atoms with Crippen LogP contribution < -0.4 is 5.32 Å². The smallest absolute Gasteiger partial charge is 0.261 e. The summed E-state index contributed by atoms with van der Waals surface area (Å²) in [7, 11) is 1.81. The van der Waals surface area contributed by atoms with Crippen molar-refractivity contribution in [1.82, 2.24) is 34.6 Å². The van der Waals surface area contributed by atoms with Gasteiger partial charge in [0, 0.05) is 30.7 Å². The number of carbonyl (C=O) groups excluding carboxylic acids is 1. The van der Waals surface area contributed by atoms with Crippen LogP contribution in [0.5, 0.6) is 0 Å². The number of hydrogen-bond donors (Lipinski definition) is 1. The molecule has 4 aromatic rings. The number of aromatic nitrogens is 7. The largest absolute Gasteiger partial charge is 0.322 e. The molecule has 0 aliphatic heterocycles. The van der Waals surface area contributed by atoms with E-state index in [2.05, 4.69) is 25.9 Å². The van der Waals surface area contributed by atoms with Gasteiger partial charge < -0.3 is 9.88 Å². The molecule has 0 saturated heterocycles. The van der Waals surface area contributed by atoms with Crippen LogP contribution in [-0.4, -0.2) is 40.5 Å². The van der Waals surface area contributed by atoms with Crippen LogP contribution in [0, 0.1) is 0 Å². The highest BCUT2D eigenvalue weighted by Gasteiger charge is 2.28. The Morgan fingerprint density at radius 3 is 2.79 bits per heavy atom. The van der Waals surface area contributed by atoms with E-state index in [0.717, 1.165) is 18.4 Å². The molecule has 0 radical (unpaired) electrons. The van der Waals surface area contributed by atoms with Gasteiger partial charge in [-0.1, -0.05) is 12.1 Å². The molecular formula is C19H18N8O. The molecule has 0 bridgehead atoms. The lowest BCUT2D eigenvalue weighted by atomic mass is 10.2. The topological polar surface area (TPSA) is 95.5 Å². The third kappa shape index (κ3) is 2.86. The highest BCUT2D eigenvalue weighted by molar-refractivity contribution is 6.06. The Labute approximate surface area is 160 Å². The molecule has 9 nitrogen and oxygen atoms in total. The summed E-state index contributed by atoms with van der Waals surface area (Å²) in [6, 6.07) is 11.7. The molecule has 1 saturated carbocycles. The van der Waals surface area contributed by atoms with Gasteiger partial charge in [0.05, 0.1) is 12.2 Å². The van der Waals surface area contributed by atoms with Crippen molar-refractivity contribution >= 4 is 11.6 Å². The molecule has 1 fully saturated rings. The zero-order valence-electron chi connectivity index (χ0n) is 15.2. The molecule has 140 valence electrons. The fraction of sp³-hybridized carbons (Fsp3) is 0.211. The van der Waals surface area contributed by atoms with Gasteiger partial charge in [0.15, 0.2) is 5.82 Å². The Morgan fingerprint density at radius 1 is 1.18 bits per heavy atom. The Balaban J connectivity index is 1.43. The van der Waals surface area contributed by atoms with E-state index in [1.807, 2.05) is 65.1 Å². The van der Waals surface area contributed by atoms with Crippen LogP contribution in [0.25, 0.3) is 17.2 Å². The Kier molecular flexibility index (Phi) is 3.78. The first-order valence-corrected chi connectivity index (χ1v) is 9.06. The van der Waals surface area contributed by atoms with Crippen molar-refractivity contribution in [3.63, 3.8) is 0 Å². The van der Waals surface area contributed by atoms with E-state index in [1.54, 1.807) is 10.9 Å². The maximum Gasteiger partial charge on any atom is 0.261 e. The first-order valence-electron chi connectivity index (χ1n) is 9.06. The quantitative estimate of drug-likeness (QED) is 0.579. The third-order valence-electron chi connectivity index (χ3n) is 4.77. The van der Waals surface area contributed by atoms with E-state index < -0.39 is 0 Å². The van der Waals surface area contributed by atoms with Crippen LogP contribution in [0.3, 0.4) is 0 Å². The number of benzene rings is 1. The molecule has 0 spiro atoms. The molecule has 1 aromatic carbocycles. The first-order chi connectivity index (χ1) is 13.7. The van der Waals surface area contributed by atoms with Crippen molar-refractivity contribution in [1.29, 1.82) is 0 Å². The molecule has 1 amide bonds. The van der Waals surface area contributed by atoms with Gasteiger partial charge in [-0.3, -0.25) is 9.48 Å². The zero-order chi connectivity index (χ0) is 19.1. The molecule has 9 heteroatoms. The van der Waals surface area contributed by atoms with Crippen molar-refractivity contribution in [2.75, 3.05) is 5.32 Å². The fourth-order valence-electron chi connectivity index (χ4n) is 3.26. The maximum atomic E-state index is 12.9. The molecule has 0 unspecified atom stereocenters. The second kappa shape index (κ2) is 6.45. The summed E-state index contributed by atoms with van der Waals surface area (Å²) in [4.78, 5) is 12.9. The molecule has 3 aromatic heterocycles. The van der Waals surface area contributed by atoms with Crippen molar-refractivity contribution in [2.45, 2.75) is 18.9 Å². The second-order valence-corrected chi connectivity index (χ2v) is 6.81. The Bertz CT molecular complexity index is 1140. The van der Waals surface area contributed by atoms with Gasteiger partial charge in [0.2, 0.25) is 0 Å². The van der Waals surface area contributed by atoms with Gasteiger partial charge in [-0.05, 0) is 47.5 Å². The number of nitrogens with zero attached hydrogens (tertiary/aromatic N) is 7. The summed E-state index contributed by atoms with van der Waals surface area (Å²) >= 11 is 0. The highest BCUT2D eigenvalue weighted by atomic mass is 16.1. The molecule has 0 atom stereocenters. The average molecular weight is 374 g/mol. The van der Waals surface area contributed by atoms with E-state index >= 15 is 0 Å². The number of hydrogen-bond acceptors (Lipinski definition) is 5. The molecule has 3 heterocycles. The maximum absolute atomic E-state index is 12.9. The fourth-order valence-corrected chi connectivity index (χ4v) is 3.26. The lowest BCUT2D eigenvalue weighted by Gasteiger charge is -2.09. The monoisotopic (exact) mass is 374 g/mol. The van der Waals surface area contributed by atoms with Gasteiger partial charge in [0.1, 0.15) is 11.4 Å². The number of rotatable bonds is 5. The van der Waals surface area contributed by atoms with Crippen LogP contribution in [0.1, 0.15) is 29.2 Å². The summed E-state index contributed by atoms with van der Waals surface area (Å²) in [6.07, 6.45) is 7.52. The molecule has 1 aliphatic carbocycles. The highest BCUT2D eigenvalue weighted by Crippen LogP contribution is 2.36. The minimum absolute atomic E-state index is 0.226. The number of amides is 1. The van der Waals surface area contributed by atoms with E-state index in [4.69, 9.17) is 0 Å². The molecule has 28 heavy (non-hydrogen) atoms. The SMILES string of the molecule is Cn1ncc(C(=O)Nc2cccc(-c3nnnn3C3CC3)c2)c1-n1cccc1. The molecular weight excluding hydrogens is 356 g/mol. The van der Waals surface area contributed by atoms with Crippen LogP contribution in [0.4, 0.5) is 5.69 Å². The molecule has 1 N–H and O–H groups in total. The van der Waals surface area contributed by atoms with Crippen LogP contribution in [0.2, 0.25) is 0 Å². The Hall–Kier alpha value is -3.75. The summed E-state index contributed by atoms with van der Waals surface area (Å²) in [6.45, 7) is 0. The van der Waals surface area contributed by atoms with Crippen LogP contribution >= 0.6 is 0 Å². The number of aryl methyl sites for hydroxylation is 1. The van der Waals surface area contributed by atoms with E-state index in [1.165, 1.54) is 0 Å². The van der Waals surface area contributed by atoms with Gasteiger partial charge >= 0.3 is 0 Å². The predicted molar refractivity (Wildman–Crippen MR) is 102 cm³/mol. The minimum atomic E-state index is -0.226.